The molecule has 0 saturated carbocycles. The van der Waals surface area contributed by atoms with Gasteiger partial charge in [0.1, 0.15) is 11.5 Å². The second-order valence-electron chi connectivity index (χ2n) is 4.21. The summed E-state index contributed by atoms with van der Waals surface area (Å²) < 4.78 is -0.509. The van der Waals surface area contributed by atoms with Gasteiger partial charge in [0.25, 0.3) is 5.69 Å². The van der Waals surface area contributed by atoms with Crippen molar-refractivity contribution < 1.29 is 24.3 Å². The van der Waals surface area contributed by atoms with Gasteiger partial charge >= 0.3 is 5.91 Å². The zero-order chi connectivity index (χ0) is 13.5. The van der Waals surface area contributed by atoms with E-state index in [0.717, 1.165) is 0 Å². The number of carbonyl (C=O) groups excluding carboxylic acids is 1. The lowest BCUT2D eigenvalue weighted by atomic mass is 10.1. The van der Waals surface area contributed by atoms with E-state index in [2.05, 4.69) is 0 Å². The standard InChI is InChI=1S/C11H10N2O5/c1-13(2)10(14)9(11(15)18-13)7-3-5-8(6-4-7)12(16)17/h3-6H,1-2H3. The number of nitrogens with zero attached hydrogens (tertiary/aromatic N) is 2. The maximum absolute atomic E-state index is 11.9. The second-order valence-corrected chi connectivity index (χ2v) is 4.21. The third-order valence-electron chi connectivity index (χ3n) is 2.59. The van der Waals surface area contributed by atoms with E-state index in [1.807, 2.05) is 0 Å². The number of amides is 1. The zero-order valence-corrected chi connectivity index (χ0v) is 9.75. The number of non-ortho nitro benzene ring substituents is 1. The van der Waals surface area contributed by atoms with Crippen LogP contribution in [-0.2, 0) is 9.63 Å². The largest absolute Gasteiger partial charge is 0.541 e. The fraction of sp³-hybridized carbons (Fsp3) is 0.182. The van der Waals surface area contributed by atoms with E-state index in [1.54, 1.807) is 0 Å². The topological polar surface area (TPSA) is 92.5 Å². The Hall–Kier alpha value is -2.41. The summed E-state index contributed by atoms with van der Waals surface area (Å²) in [6.45, 7) is 0. The molecule has 1 aromatic rings. The van der Waals surface area contributed by atoms with Gasteiger partial charge in [-0.25, -0.2) is 4.79 Å². The molecular weight excluding hydrogens is 240 g/mol. The van der Waals surface area contributed by atoms with Gasteiger partial charge in [-0.2, -0.15) is 4.65 Å². The molecule has 0 fully saturated rings. The van der Waals surface area contributed by atoms with Crippen LogP contribution in [0.2, 0.25) is 0 Å². The summed E-state index contributed by atoms with van der Waals surface area (Å²) in [6, 6.07) is 5.19. The molecule has 7 nitrogen and oxygen atoms in total. The summed E-state index contributed by atoms with van der Waals surface area (Å²) in [6.07, 6.45) is 0. The van der Waals surface area contributed by atoms with Crippen LogP contribution in [0.5, 0.6) is 0 Å². The van der Waals surface area contributed by atoms with Crippen molar-refractivity contribution in [1.29, 1.82) is 0 Å². The molecule has 0 aromatic heterocycles. The molecule has 7 heteroatoms. The highest BCUT2D eigenvalue weighted by molar-refractivity contribution is 6.17. The number of hydrogen-bond acceptors (Lipinski definition) is 5. The Labute approximate surface area is 102 Å². The monoisotopic (exact) mass is 250 g/mol. The highest BCUT2D eigenvalue weighted by Gasteiger charge is 2.38. The highest BCUT2D eigenvalue weighted by Crippen LogP contribution is 2.30. The van der Waals surface area contributed by atoms with Gasteiger partial charge in [-0.15, -0.1) is 0 Å². The summed E-state index contributed by atoms with van der Waals surface area (Å²) in [5.41, 5.74) is 0.126. The Morgan fingerprint density at radius 3 is 2.17 bits per heavy atom. The summed E-state index contributed by atoms with van der Waals surface area (Å²) in [5, 5.41) is 22.1. The van der Waals surface area contributed by atoms with Gasteiger partial charge in [0.05, 0.1) is 19.0 Å². The maximum Gasteiger partial charge on any atom is 0.372 e. The molecule has 1 aliphatic heterocycles. The van der Waals surface area contributed by atoms with Gasteiger partial charge in [-0.05, 0) is 17.7 Å². The molecule has 0 radical (unpaired) electrons. The van der Waals surface area contributed by atoms with Crippen LogP contribution >= 0.6 is 0 Å². The molecule has 0 bridgehead atoms. The number of rotatable bonds is 2. The average Bonchev–Trinajstić information content (AvgIpc) is 2.48. The van der Waals surface area contributed by atoms with Crippen molar-refractivity contribution in [2.75, 3.05) is 14.1 Å². The third kappa shape index (κ3) is 1.80. The van der Waals surface area contributed by atoms with E-state index in [9.17, 15) is 20.0 Å². The molecule has 0 spiro atoms. The number of hydrogen-bond donors (Lipinski definition) is 0. The van der Waals surface area contributed by atoms with E-state index in [1.165, 1.54) is 38.4 Å². The van der Waals surface area contributed by atoms with E-state index in [0.29, 0.717) is 5.56 Å². The van der Waals surface area contributed by atoms with Crippen LogP contribution in [0.25, 0.3) is 5.57 Å². The van der Waals surface area contributed by atoms with Crippen molar-refractivity contribution in [3.8, 4) is 0 Å². The summed E-state index contributed by atoms with van der Waals surface area (Å²) in [7, 11) is 2.89. The Morgan fingerprint density at radius 1 is 1.22 bits per heavy atom. The number of quaternary nitrogens is 1. The van der Waals surface area contributed by atoms with Crippen LogP contribution in [0.3, 0.4) is 0 Å². The van der Waals surface area contributed by atoms with E-state index < -0.39 is 21.4 Å². The van der Waals surface area contributed by atoms with E-state index in [-0.39, 0.29) is 11.3 Å². The molecule has 0 saturated heterocycles. The first-order valence-electron chi connectivity index (χ1n) is 5.07. The summed E-state index contributed by atoms with van der Waals surface area (Å²) >= 11 is 0. The molecule has 0 N–H and O–H groups in total. The smallest absolute Gasteiger partial charge is 0.372 e. The predicted octanol–water partition coefficient (Wildman–Crippen LogP) is 0.172. The first kappa shape index (κ1) is 12.1. The first-order chi connectivity index (χ1) is 8.33. The van der Waals surface area contributed by atoms with Gasteiger partial charge in [0, 0.05) is 12.1 Å². The van der Waals surface area contributed by atoms with Crippen LogP contribution in [0.4, 0.5) is 5.69 Å². The minimum absolute atomic E-state index is 0.0881. The number of benzene rings is 1. The number of likely N-dealkylation sites (N-methyl/N-ethyl adjacent to an activating group) is 1. The van der Waals surface area contributed by atoms with Crippen molar-refractivity contribution in [3.05, 3.63) is 45.9 Å². The van der Waals surface area contributed by atoms with Crippen LogP contribution in [0.15, 0.2) is 30.2 Å². The zero-order valence-electron chi connectivity index (χ0n) is 9.75. The minimum Gasteiger partial charge on any atom is -0.541 e. The molecule has 1 amide bonds. The molecule has 0 aliphatic carbocycles. The lowest BCUT2D eigenvalue weighted by Gasteiger charge is -2.25. The van der Waals surface area contributed by atoms with Gasteiger partial charge in [0.15, 0.2) is 0 Å². The number of nitro benzene ring substituents is 1. The molecular formula is C11H10N2O5. The number of hydroxylamine groups is 3. The number of carbonyl (C=O) groups is 1. The Balaban J connectivity index is 2.41. The number of nitro groups is 1. The minimum atomic E-state index is -0.723. The van der Waals surface area contributed by atoms with Crippen molar-refractivity contribution >= 4 is 17.2 Å². The lowest BCUT2D eigenvalue weighted by Crippen LogP contribution is -2.41. The highest BCUT2D eigenvalue weighted by atomic mass is 16.8. The van der Waals surface area contributed by atoms with Crippen LogP contribution in [0.1, 0.15) is 5.56 Å². The quantitative estimate of drug-likeness (QED) is 0.424. The van der Waals surface area contributed by atoms with Crippen molar-refractivity contribution in [2.45, 2.75) is 0 Å². The summed E-state index contributed by atoms with van der Waals surface area (Å²) in [4.78, 5) is 26.7. The van der Waals surface area contributed by atoms with Gasteiger partial charge < -0.3 is 9.94 Å². The molecule has 94 valence electrons. The maximum atomic E-state index is 11.9. The second kappa shape index (κ2) is 3.81. The van der Waals surface area contributed by atoms with E-state index in [4.69, 9.17) is 4.84 Å². The molecule has 1 aliphatic rings. The Kier molecular flexibility index (Phi) is 2.55. The first-order valence-corrected chi connectivity index (χ1v) is 5.07. The average molecular weight is 250 g/mol. The van der Waals surface area contributed by atoms with Gasteiger partial charge in [-0.1, -0.05) is 0 Å². The normalized spacial score (nSPS) is 17.8. The third-order valence-corrected chi connectivity index (χ3v) is 2.59. The lowest BCUT2D eigenvalue weighted by molar-refractivity contribution is -1.01. The fourth-order valence-corrected chi connectivity index (χ4v) is 1.64. The van der Waals surface area contributed by atoms with Crippen molar-refractivity contribution in [2.24, 2.45) is 0 Å². The van der Waals surface area contributed by atoms with Gasteiger partial charge in [0.2, 0.25) is 0 Å². The fourth-order valence-electron chi connectivity index (χ4n) is 1.64. The molecule has 0 unspecified atom stereocenters. The van der Waals surface area contributed by atoms with E-state index >= 15 is 0 Å². The molecule has 0 atom stereocenters. The van der Waals surface area contributed by atoms with Crippen LogP contribution in [-0.4, -0.2) is 29.6 Å². The Morgan fingerprint density at radius 2 is 1.78 bits per heavy atom. The molecule has 1 aromatic carbocycles. The van der Waals surface area contributed by atoms with Crippen molar-refractivity contribution in [3.63, 3.8) is 0 Å². The summed E-state index contributed by atoms with van der Waals surface area (Å²) in [5.74, 6) is -1.20. The molecule has 18 heavy (non-hydrogen) atoms. The van der Waals surface area contributed by atoms with Crippen LogP contribution in [0, 0.1) is 10.1 Å². The predicted molar refractivity (Wildman–Crippen MR) is 58.2 cm³/mol. The van der Waals surface area contributed by atoms with Gasteiger partial charge in [-0.3, -0.25) is 10.1 Å². The molecule has 1 heterocycles. The SMILES string of the molecule is C[N+]1(C)OC([O-])=C(c2ccc([N+](=O)[O-])cc2)C1=O. The molecule has 2 rings (SSSR count). The van der Waals surface area contributed by atoms with Crippen LogP contribution < -0.4 is 5.11 Å². The Bertz CT molecular complexity index is 559. The van der Waals surface area contributed by atoms with Crippen molar-refractivity contribution in [1.82, 2.24) is 0 Å².